The average Bonchev–Trinajstić information content (AvgIpc) is 3.04. The van der Waals surface area contributed by atoms with Gasteiger partial charge in [0.05, 0.1) is 53.0 Å². The highest BCUT2D eigenvalue weighted by atomic mass is 16.5. The van der Waals surface area contributed by atoms with Gasteiger partial charge in [-0.1, -0.05) is 12.1 Å². The van der Waals surface area contributed by atoms with E-state index in [1.165, 1.54) is 33.5 Å². The van der Waals surface area contributed by atoms with Crippen LogP contribution in [0.4, 0.5) is 0 Å². The molecule has 1 atom stereocenters. The van der Waals surface area contributed by atoms with Crippen molar-refractivity contribution >= 4 is 23.0 Å². The number of nitrogens with zero attached hydrogens (tertiary/aromatic N) is 1. The minimum absolute atomic E-state index is 0.0830. The van der Waals surface area contributed by atoms with Gasteiger partial charge in [0.15, 0.2) is 23.0 Å². The quantitative estimate of drug-likeness (QED) is 0.186. The maximum absolute atomic E-state index is 13.8. The van der Waals surface area contributed by atoms with Gasteiger partial charge in [0.1, 0.15) is 17.9 Å². The molecule has 0 aliphatic carbocycles. The highest BCUT2D eigenvalue weighted by molar-refractivity contribution is 5.92. The maximum atomic E-state index is 13.8. The van der Waals surface area contributed by atoms with Gasteiger partial charge in [0, 0.05) is 12.6 Å². The zero-order valence-corrected chi connectivity index (χ0v) is 24.7. The van der Waals surface area contributed by atoms with Crippen molar-refractivity contribution in [2.45, 2.75) is 12.5 Å². The van der Waals surface area contributed by atoms with Crippen molar-refractivity contribution in [1.82, 2.24) is 4.90 Å². The molecule has 4 aromatic rings. The summed E-state index contributed by atoms with van der Waals surface area (Å²) in [4.78, 5) is 27.8. The first-order valence-electron chi connectivity index (χ1n) is 13.6. The molecule has 3 aromatic carbocycles. The number of amides is 1. The maximum Gasteiger partial charge on any atom is 0.339 e. The largest absolute Gasteiger partial charge is 0.493 e. The molecular weight excluding hydrogens is 554 g/mol. The second kappa shape index (κ2) is 12.8. The molecule has 0 N–H and O–H groups in total. The molecule has 1 aliphatic rings. The summed E-state index contributed by atoms with van der Waals surface area (Å²) in [6.07, 6.45) is 3.81. The number of hydrogen-bond acceptors (Lipinski definition) is 9. The van der Waals surface area contributed by atoms with Crippen LogP contribution in [0.15, 0.2) is 69.9 Å². The Kier molecular flexibility index (Phi) is 8.75. The molecule has 0 spiro atoms. The fourth-order valence-electron chi connectivity index (χ4n) is 5.30. The van der Waals surface area contributed by atoms with Gasteiger partial charge in [0.2, 0.25) is 11.7 Å². The molecule has 1 unspecified atom stereocenters. The highest BCUT2D eigenvalue weighted by Gasteiger charge is 2.32. The lowest BCUT2D eigenvalue weighted by Crippen LogP contribution is -2.41. The standard InChI is InChI=1S/C33H33NO9/c1-37-27-16-21-12-13-34(31(35)11-10-20-14-29(39-3)33(41-5)30(15-20)40-4)24(23(21)17-28(27)38-2)19-42-26-18-32(36)43-25-9-7-6-8-22(25)26/h6-11,14-18,24H,12-13,19H2,1-5H3/b11-10+. The Hall–Kier alpha value is -5.12. The summed E-state index contributed by atoms with van der Waals surface area (Å²) in [5.41, 5.74) is 2.47. The second-order valence-electron chi connectivity index (χ2n) is 9.73. The van der Waals surface area contributed by atoms with Crippen LogP contribution in [0.5, 0.6) is 34.5 Å². The Morgan fingerprint density at radius 1 is 0.860 bits per heavy atom. The predicted molar refractivity (Wildman–Crippen MR) is 161 cm³/mol. The Morgan fingerprint density at radius 3 is 2.21 bits per heavy atom. The average molecular weight is 588 g/mol. The van der Waals surface area contributed by atoms with Gasteiger partial charge < -0.3 is 37.7 Å². The van der Waals surface area contributed by atoms with Crippen LogP contribution in [-0.4, -0.2) is 59.5 Å². The van der Waals surface area contributed by atoms with Crippen LogP contribution >= 0.6 is 0 Å². The number of ether oxygens (including phenoxy) is 6. The summed E-state index contributed by atoms with van der Waals surface area (Å²) in [6, 6.07) is 15.3. The summed E-state index contributed by atoms with van der Waals surface area (Å²) < 4.78 is 39.0. The molecule has 1 aliphatic heterocycles. The number of hydrogen-bond donors (Lipinski definition) is 0. The third-order valence-corrected chi connectivity index (χ3v) is 7.40. The van der Waals surface area contributed by atoms with Crippen molar-refractivity contribution in [3.63, 3.8) is 0 Å². The normalized spacial score (nSPS) is 14.3. The molecule has 0 fully saturated rings. The van der Waals surface area contributed by atoms with Crippen molar-refractivity contribution < 1.29 is 37.6 Å². The Labute approximate surface area is 248 Å². The number of methoxy groups -OCH3 is 5. The number of carbonyl (C=O) groups is 1. The molecule has 1 amide bonds. The Balaban J connectivity index is 1.50. The first kappa shape index (κ1) is 29.4. The molecule has 0 saturated carbocycles. The van der Waals surface area contributed by atoms with Gasteiger partial charge in [-0.15, -0.1) is 0 Å². The van der Waals surface area contributed by atoms with Crippen molar-refractivity contribution in [3.8, 4) is 34.5 Å². The van der Waals surface area contributed by atoms with E-state index in [1.54, 1.807) is 49.5 Å². The van der Waals surface area contributed by atoms with Crippen LogP contribution in [-0.2, 0) is 11.2 Å². The molecule has 224 valence electrons. The molecule has 0 bridgehead atoms. The molecule has 5 rings (SSSR count). The molecule has 0 radical (unpaired) electrons. The first-order chi connectivity index (χ1) is 20.9. The molecule has 43 heavy (non-hydrogen) atoms. The summed E-state index contributed by atoms with van der Waals surface area (Å²) in [5.74, 6) is 2.72. The Bertz CT molecular complexity index is 1700. The van der Waals surface area contributed by atoms with Gasteiger partial charge >= 0.3 is 5.63 Å². The molecule has 1 aromatic heterocycles. The third-order valence-electron chi connectivity index (χ3n) is 7.40. The molecule has 10 nitrogen and oxygen atoms in total. The van der Waals surface area contributed by atoms with E-state index in [1.807, 2.05) is 24.3 Å². The van der Waals surface area contributed by atoms with Gasteiger partial charge in [-0.2, -0.15) is 0 Å². The van der Waals surface area contributed by atoms with Gasteiger partial charge in [-0.25, -0.2) is 4.79 Å². The summed E-state index contributed by atoms with van der Waals surface area (Å²) in [5, 5.41) is 0.658. The van der Waals surface area contributed by atoms with Gasteiger partial charge in [-0.05, 0) is 65.6 Å². The van der Waals surface area contributed by atoms with E-state index in [-0.39, 0.29) is 12.5 Å². The van der Waals surface area contributed by atoms with E-state index < -0.39 is 11.7 Å². The van der Waals surface area contributed by atoms with Crippen molar-refractivity contribution in [3.05, 3.63) is 87.8 Å². The molecule has 10 heteroatoms. The van der Waals surface area contributed by atoms with Crippen LogP contribution in [0, 0.1) is 0 Å². The van der Waals surface area contributed by atoms with E-state index >= 15 is 0 Å². The zero-order chi connectivity index (χ0) is 30.5. The number of fused-ring (bicyclic) bond motifs is 2. The monoisotopic (exact) mass is 587 g/mol. The third kappa shape index (κ3) is 5.94. The number of carbonyl (C=O) groups excluding carboxylic acids is 1. The number of benzene rings is 3. The SMILES string of the molecule is COc1cc2c(cc1OC)C(COc1cc(=O)oc3ccccc13)N(C(=O)/C=C/c1cc(OC)c(OC)c(OC)c1)CC2. The minimum Gasteiger partial charge on any atom is -0.493 e. The van der Waals surface area contributed by atoms with Crippen LogP contribution in [0.1, 0.15) is 22.7 Å². The summed E-state index contributed by atoms with van der Waals surface area (Å²) >= 11 is 0. The minimum atomic E-state index is -0.523. The van der Waals surface area contributed by atoms with Gasteiger partial charge in [-0.3, -0.25) is 4.79 Å². The van der Waals surface area contributed by atoms with Crippen LogP contribution < -0.4 is 34.0 Å². The smallest absolute Gasteiger partial charge is 0.339 e. The summed E-state index contributed by atoms with van der Waals surface area (Å²) in [6.45, 7) is 0.520. The fraction of sp³-hybridized carbons (Fsp3) is 0.273. The van der Waals surface area contributed by atoms with E-state index in [9.17, 15) is 9.59 Å². The number of para-hydroxylation sites is 1. The van der Waals surface area contributed by atoms with Crippen molar-refractivity contribution in [1.29, 1.82) is 0 Å². The Morgan fingerprint density at radius 2 is 1.53 bits per heavy atom. The van der Waals surface area contributed by atoms with E-state index in [0.29, 0.717) is 64.0 Å². The highest BCUT2D eigenvalue weighted by Crippen LogP contribution is 2.40. The predicted octanol–water partition coefficient (Wildman–Crippen LogP) is 5.05. The number of rotatable bonds is 10. The van der Waals surface area contributed by atoms with E-state index in [4.69, 9.17) is 32.8 Å². The molecule has 0 saturated heterocycles. The molecule has 2 heterocycles. The fourth-order valence-corrected chi connectivity index (χ4v) is 5.30. The van der Waals surface area contributed by atoms with Gasteiger partial charge in [0.25, 0.3) is 0 Å². The van der Waals surface area contributed by atoms with E-state index in [0.717, 1.165) is 11.1 Å². The van der Waals surface area contributed by atoms with Crippen LogP contribution in [0.2, 0.25) is 0 Å². The van der Waals surface area contributed by atoms with Crippen LogP contribution in [0.3, 0.4) is 0 Å². The lowest BCUT2D eigenvalue weighted by molar-refractivity contribution is -0.129. The van der Waals surface area contributed by atoms with Crippen molar-refractivity contribution in [2.24, 2.45) is 0 Å². The van der Waals surface area contributed by atoms with Crippen LogP contribution in [0.25, 0.3) is 17.0 Å². The zero-order valence-electron chi connectivity index (χ0n) is 24.7. The summed E-state index contributed by atoms with van der Waals surface area (Å²) in [7, 11) is 7.76. The molecular formula is C33H33NO9. The topological polar surface area (TPSA) is 106 Å². The van der Waals surface area contributed by atoms with E-state index in [2.05, 4.69) is 0 Å². The first-order valence-corrected chi connectivity index (χ1v) is 13.6. The van der Waals surface area contributed by atoms with Crippen molar-refractivity contribution in [2.75, 3.05) is 48.7 Å². The lowest BCUT2D eigenvalue weighted by Gasteiger charge is -2.37. The lowest BCUT2D eigenvalue weighted by atomic mass is 9.92. The second-order valence-corrected chi connectivity index (χ2v) is 9.73.